The van der Waals surface area contributed by atoms with Crippen molar-refractivity contribution >= 4 is 29.5 Å². The van der Waals surface area contributed by atoms with Crippen LogP contribution in [-0.2, 0) is 0 Å². The second kappa shape index (κ2) is 5.48. The number of aromatic nitrogens is 2. The van der Waals surface area contributed by atoms with Crippen LogP contribution in [0.5, 0.6) is 0 Å². The van der Waals surface area contributed by atoms with Gasteiger partial charge in [-0.05, 0) is 11.5 Å². The summed E-state index contributed by atoms with van der Waals surface area (Å²) in [5.41, 5.74) is 3.01. The molecule has 1 aromatic heterocycles. The number of benzene rings is 2. The molecule has 0 aliphatic carbocycles. The molecule has 98 valence electrons. The molecule has 0 aliphatic heterocycles. The van der Waals surface area contributed by atoms with Crippen LogP contribution in [0.2, 0.25) is 0 Å². The van der Waals surface area contributed by atoms with Crippen molar-refractivity contribution in [3.05, 3.63) is 69.5 Å². The normalized spacial score (nSPS) is 10.4. The predicted octanol–water partition coefficient (Wildman–Crippen LogP) is 4.10. The largest absolute Gasteiger partial charge is 0.289 e. The first kappa shape index (κ1) is 12.9. The Kier molecular flexibility index (Phi) is 3.54. The molecule has 1 N–H and O–H groups in total. The average Bonchev–Trinajstić information content (AvgIpc) is 2.94. The standard InChI is InChI=1S/C15H10N2OS2/c18-14(11-4-2-1-3-5-11)12-8-6-10(7-9-12)13-15(19)20-17-16-13/h1-9,17H. The molecule has 0 bridgehead atoms. The number of ketones is 1. The highest BCUT2D eigenvalue weighted by atomic mass is 32.2. The number of nitrogens with one attached hydrogen (secondary N) is 1. The third-order valence-corrected chi connectivity index (χ3v) is 3.95. The number of H-pyrrole nitrogens is 1. The maximum atomic E-state index is 12.3. The van der Waals surface area contributed by atoms with E-state index < -0.39 is 0 Å². The highest BCUT2D eigenvalue weighted by Crippen LogP contribution is 2.21. The second-order valence-corrected chi connectivity index (χ2v) is 5.68. The molecule has 0 unspecified atom stereocenters. The molecule has 3 nitrogen and oxygen atoms in total. The molecule has 5 heteroatoms. The van der Waals surface area contributed by atoms with E-state index >= 15 is 0 Å². The molecule has 0 fully saturated rings. The van der Waals surface area contributed by atoms with Crippen LogP contribution >= 0.6 is 23.8 Å². The summed E-state index contributed by atoms with van der Waals surface area (Å²) in [7, 11) is 0. The summed E-state index contributed by atoms with van der Waals surface area (Å²) < 4.78 is 3.50. The number of hydrogen-bond acceptors (Lipinski definition) is 4. The van der Waals surface area contributed by atoms with Gasteiger partial charge in [0.05, 0.1) is 0 Å². The van der Waals surface area contributed by atoms with E-state index in [0.717, 1.165) is 11.3 Å². The van der Waals surface area contributed by atoms with Crippen molar-refractivity contribution < 1.29 is 4.79 Å². The molecule has 0 atom stereocenters. The highest BCUT2D eigenvalue weighted by molar-refractivity contribution is 7.73. The zero-order valence-electron chi connectivity index (χ0n) is 10.4. The molecular formula is C15H10N2OS2. The number of carbonyl (C=O) groups excluding carboxylic acids is 1. The van der Waals surface area contributed by atoms with Crippen molar-refractivity contribution in [1.82, 2.24) is 9.59 Å². The minimum atomic E-state index is 0.0144. The first-order valence-electron chi connectivity index (χ1n) is 6.00. The average molecular weight is 298 g/mol. The van der Waals surface area contributed by atoms with Crippen LogP contribution in [0.3, 0.4) is 0 Å². The lowest BCUT2D eigenvalue weighted by Gasteiger charge is -2.02. The molecule has 0 saturated carbocycles. The fourth-order valence-corrected chi connectivity index (χ4v) is 2.68. The quantitative estimate of drug-likeness (QED) is 0.585. The Hall–Kier alpha value is -2.11. The first-order chi connectivity index (χ1) is 9.75. The summed E-state index contributed by atoms with van der Waals surface area (Å²) in [5.74, 6) is 0.0144. The van der Waals surface area contributed by atoms with Crippen molar-refractivity contribution in [3.8, 4) is 11.3 Å². The summed E-state index contributed by atoms with van der Waals surface area (Å²) in [6.07, 6.45) is 0. The van der Waals surface area contributed by atoms with E-state index in [1.54, 1.807) is 12.1 Å². The number of hydrogen-bond donors (Lipinski definition) is 1. The van der Waals surface area contributed by atoms with E-state index in [0.29, 0.717) is 15.0 Å². The minimum Gasteiger partial charge on any atom is -0.289 e. The second-order valence-electron chi connectivity index (χ2n) is 4.21. The smallest absolute Gasteiger partial charge is 0.193 e. The highest BCUT2D eigenvalue weighted by Gasteiger charge is 2.09. The molecule has 0 aliphatic rings. The minimum absolute atomic E-state index is 0.0144. The Morgan fingerprint density at radius 1 is 1.00 bits per heavy atom. The summed E-state index contributed by atoms with van der Waals surface area (Å²) in [5, 5.41) is 4.12. The number of aromatic amines is 1. The van der Waals surface area contributed by atoms with Crippen LogP contribution in [-0.4, -0.2) is 15.4 Å². The van der Waals surface area contributed by atoms with Crippen molar-refractivity contribution in [1.29, 1.82) is 0 Å². The maximum Gasteiger partial charge on any atom is 0.193 e. The Bertz CT molecular complexity index is 789. The van der Waals surface area contributed by atoms with Crippen LogP contribution in [0.25, 0.3) is 11.3 Å². The third kappa shape index (κ3) is 2.45. The van der Waals surface area contributed by atoms with Gasteiger partial charge >= 0.3 is 0 Å². The summed E-state index contributed by atoms with van der Waals surface area (Å²) in [6.45, 7) is 0. The predicted molar refractivity (Wildman–Crippen MR) is 82.6 cm³/mol. The lowest BCUT2D eigenvalue weighted by molar-refractivity contribution is 0.103. The van der Waals surface area contributed by atoms with Gasteiger partial charge < -0.3 is 0 Å². The monoisotopic (exact) mass is 298 g/mol. The van der Waals surface area contributed by atoms with Gasteiger partial charge in [0.1, 0.15) is 9.52 Å². The maximum absolute atomic E-state index is 12.3. The Labute approximate surface area is 125 Å². The van der Waals surface area contributed by atoms with Gasteiger partial charge in [0, 0.05) is 16.7 Å². The molecule has 0 amide bonds. The molecular weight excluding hydrogens is 288 g/mol. The fraction of sp³-hybridized carbons (Fsp3) is 0. The van der Waals surface area contributed by atoms with Crippen LogP contribution in [0.15, 0.2) is 54.6 Å². The van der Waals surface area contributed by atoms with Crippen LogP contribution in [0, 0.1) is 3.82 Å². The van der Waals surface area contributed by atoms with Gasteiger partial charge in [-0.25, -0.2) is 4.49 Å². The Morgan fingerprint density at radius 2 is 1.65 bits per heavy atom. The van der Waals surface area contributed by atoms with Crippen LogP contribution < -0.4 is 0 Å². The van der Waals surface area contributed by atoms with Gasteiger partial charge in [-0.3, -0.25) is 4.79 Å². The van der Waals surface area contributed by atoms with Crippen LogP contribution in [0.1, 0.15) is 15.9 Å². The molecule has 20 heavy (non-hydrogen) atoms. The lowest BCUT2D eigenvalue weighted by Crippen LogP contribution is -2.00. The van der Waals surface area contributed by atoms with E-state index in [9.17, 15) is 4.79 Å². The summed E-state index contributed by atoms with van der Waals surface area (Å²) >= 11 is 6.50. The Balaban J connectivity index is 1.93. The van der Waals surface area contributed by atoms with E-state index in [1.165, 1.54) is 11.5 Å². The van der Waals surface area contributed by atoms with E-state index in [4.69, 9.17) is 12.2 Å². The van der Waals surface area contributed by atoms with Gasteiger partial charge in [-0.2, -0.15) is 5.10 Å². The van der Waals surface area contributed by atoms with Crippen molar-refractivity contribution in [3.63, 3.8) is 0 Å². The fourth-order valence-electron chi connectivity index (χ4n) is 1.92. The Morgan fingerprint density at radius 3 is 2.25 bits per heavy atom. The third-order valence-electron chi connectivity index (χ3n) is 2.95. The SMILES string of the molecule is O=C(c1ccccc1)c1ccc(-c2n[nH]sc2=S)cc1. The first-order valence-corrected chi connectivity index (χ1v) is 7.22. The van der Waals surface area contributed by atoms with Gasteiger partial charge in [0.2, 0.25) is 0 Å². The summed E-state index contributed by atoms with van der Waals surface area (Å²) in [6, 6.07) is 16.6. The van der Waals surface area contributed by atoms with Crippen molar-refractivity contribution in [2.45, 2.75) is 0 Å². The van der Waals surface area contributed by atoms with E-state index in [-0.39, 0.29) is 5.78 Å². The molecule has 0 radical (unpaired) electrons. The number of carbonyl (C=O) groups is 1. The molecule has 1 heterocycles. The van der Waals surface area contributed by atoms with Gasteiger partial charge in [0.15, 0.2) is 5.78 Å². The molecule has 0 spiro atoms. The number of nitrogens with zero attached hydrogens (tertiary/aromatic N) is 1. The van der Waals surface area contributed by atoms with E-state index in [1.807, 2.05) is 42.5 Å². The van der Waals surface area contributed by atoms with Crippen molar-refractivity contribution in [2.24, 2.45) is 0 Å². The van der Waals surface area contributed by atoms with Gasteiger partial charge in [-0.15, -0.1) is 0 Å². The van der Waals surface area contributed by atoms with E-state index in [2.05, 4.69) is 9.59 Å². The molecule has 3 aromatic rings. The summed E-state index contributed by atoms with van der Waals surface area (Å²) in [4.78, 5) is 12.3. The molecule has 2 aromatic carbocycles. The van der Waals surface area contributed by atoms with Gasteiger partial charge in [-0.1, -0.05) is 66.8 Å². The van der Waals surface area contributed by atoms with Crippen LogP contribution in [0.4, 0.5) is 0 Å². The molecule has 3 rings (SSSR count). The number of rotatable bonds is 3. The van der Waals surface area contributed by atoms with Crippen molar-refractivity contribution in [2.75, 3.05) is 0 Å². The zero-order valence-corrected chi connectivity index (χ0v) is 12.0. The lowest BCUT2D eigenvalue weighted by atomic mass is 10.0. The molecule has 0 saturated heterocycles. The van der Waals surface area contributed by atoms with Gasteiger partial charge in [0.25, 0.3) is 0 Å². The topological polar surface area (TPSA) is 45.8 Å². The zero-order chi connectivity index (χ0) is 13.9.